The van der Waals surface area contributed by atoms with Crippen LogP contribution in [0.1, 0.15) is 12.5 Å². The van der Waals surface area contributed by atoms with Gasteiger partial charge in [-0.25, -0.2) is 9.18 Å². The van der Waals surface area contributed by atoms with E-state index in [9.17, 15) is 9.18 Å². The number of carbonyl (C=O) groups is 1. The van der Waals surface area contributed by atoms with Gasteiger partial charge in [-0.05, 0) is 31.2 Å². The SMILES string of the molecule is CCOC(=O)C(=C(Cl)Cl)c1cc(Oc2ccccc2OC)c(Cl)cc1F. The Morgan fingerprint density at radius 1 is 1.12 bits per heavy atom. The maximum Gasteiger partial charge on any atom is 0.341 e. The number of methoxy groups -OCH3 is 1. The van der Waals surface area contributed by atoms with Crippen LogP contribution in [-0.4, -0.2) is 19.7 Å². The number of benzene rings is 2. The second kappa shape index (κ2) is 9.12. The first kappa shape index (κ1) is 20.4. The summed E-state index contributed by atoms with van der Waals surface area (Å²) >= 11 is 17.6. The number of ether oxygens (including phenoxy) is 3. The number of para-hydroxylation sites is 2. The molecule has 8 heteroatoms. The topological polar surface area (TPSA) is 44.8 Å². The first-order valence-corrected chi connectivity index (χ1v) is 8.55. The second-order valence-corrected chi connectivity index (χ2v) is 6.23. The number of esters is 1. The lowest BCUT2D eigenvalue weighted by Gasteiger charge is -2.14. The lowest BCUT2D eigenvalue weighted by Crippen LogP contribution is -2.09. The summed E-state index contributed by atoms with van der Waals surface area (Å²) < 4.78 is 29.7. The molecule has 0 aliphatic heterocycles. The highest BCUT2D eigenvalue weighted by Gasteiger charge is 2.23. The van der Waals surface area contributed by atoms with E-state index in [1.54, 1.807) is 31.2 Å². The van der Waals surface area contributed by atoms with Gasteiger partial charge in [-0.15, -0.1) is 0 Å². The number of hydrogen-bond acceptors (Lipinski definition) is 4. The highest BCUT2D eigenvalue weighted by molar-refractivity contribution is 6.61. The molecule has 0 amide bonds. The molecule has 0 saturated carbocycles. The van der Waals surface area contributed by atoms with Gasteiger partial charge in [0.25, 0.3) is 0 Å². The van der Waals surface area contributed by atoms with E-state index < -0.39 is 16.3 Å². The Morgan fingerprint density at radius 3 is 2.35 bits per heavy atom. The summed E-state index contributed by atoms with van der Waals surface area (Å²) in [5.74, 6) is -0.774. The van der Waals surface area contributed by atoms with Crippen molar-refractivity contribution in [2.45, 2.75) is 6.92 Å². The monoisotopic (exact) mass is 418 g/mol. The van der Waals surface area contributed by atoms with E-state index in [4.69, 9.17) is 49.0 Å². The van der Waals surface area contributed by atoms with E-state index in [-0.39, 0.29) is 28.5 Å². The summed E-state index contributed by atoms with van der Waals surface area (Å²) in [5, 5.41) is -0.00828. The van der Waals surface area contributed by atoms with Gasteiger partial charge in [0.05, 0.1) is 18.7 Å². The van der Waals surface area contributed by atoms with Crippen LogP contribution in [0.15, 0.2) is 40.9 Å². The molecule has 0 saturated heterocycles. The summed E-state index contributed by atoms with van der Waals surface area (Å²) in [6, 6.07) is 9.05. The molecule has 0 heterocycles. The van der Waals surface area contributed by atoms with Crippen molar-refractivity contribution in [3.05, 3.63) is 57.3 Å². The van der Waals surface area contributed by atoms with Crippen LogP contribution in [0.25, 0.3) is 5.57 Å². The molecule has 0 spiro atoms. The van der Waals surface area contributed by atoms with Gasteiger partial charge in [0, 0.05) is 5.56 Å². The first-order valence-electron chi connectivity index (χ1n) is 7.41. The molecule has 0 atom stereocenters. The van der Waals surface area contributed by atoms with Gasteiger partial charge >= 0.3 is 5.97 Å². The highest BCUT2D eigenvalue weighted by Crippen LogP contribution is 2.38. The molecule has 2 aromatic rings. The van der Waals surface area contributed by atoms with E-state index in [0.29, 0.717) is 11.5 Å². The smallest absolute Gasteiger partial charge is 0.341 e. The van der Waals surface area contributed by atoms with Crippen LogP contribution in [0.5, 0.6) is 17.2 Å². The largest absolute Gasteiger partial charge is 0.493 e. The molecule has 0 fully saturated rings. The molecule has 0 aliphatic carbocycles. The summed E-state index contributed by atoms with van der Waals surface area (Å²) in [7, 11) is 1.48. The van der Waals surface area contributed by atoms with E-state index in [1.165, 1.54) is 13.2 Å². The quantitative estimate of drug-likeness (QED) is 0.426. The Balaban J connectivity index is 2.52. The minimum Gasteiger partial charge on any atom is -0.493 e. The van der Waals surface area contributed by atoms with Crippen LogP contribution in [0.2, 0.25) is 5.02 Å². The Kier molecular flexibility index (Phi) is 7.14. The fourth-order valence-corrected chi connectivity index (χ4v) is 2.66. The predicted molar refractivity (Wildman–Crippen MR) is 99.7 cm³/mol. The molecule has 2 rings (SSSR count). The standard InChI is InChI=1S/C18H14Cl3FO4/c1-3-25-18(23)16(17(20)21)10-8-15(11(19)9-12(10)22)26-14-7-5-4-6-13(14)24-2/h4-9H,3H2,1-2H3. The second-order valence-electron chi connectivity index (χ2n) is 4.87. The Hall–Kier alpha value is -1.95. The predicted octanol–water partition coefficient (Wildman–Crippen LogP) is 5.99. The average Bonchev–Trinajstić information content (AvgIpc) is 2.59. The highest BCUT2D eigenvalue weighted by atomic mass is 35.5. The van der Waals surface area contributed by atoms with Gasteiger partial charge in [-0.1, -0.05) is 46.9 Å². The van der Waals surface area contributed by atoms with Crippen LogP contribution in [0, 0.1) is 5.82 Å². The van der Waals surface area contributed by atoms with Crippen LogP contribution < -0.4 is 9.47 Å². The lowest BCUT2D eigenvalue weighted by molar-refractivity contribution is -0.136. The summed E-state index contributed by atoms with van der Waals surface area (Å²) in [6.45, 7) is 1.68. The van der Waals surface area contributed by atoms with Crippen molar-refractivity contribution in [2.24, 2.45) is 0 Å². The third-order valence-electron chi connectivity index (χ3n) is 3.25. The van der Waals surface area contributed by atoms with Crippen molar-refractivity contribution in [2.75, 3.05) is 13.7 Å². The van der Waals surface area contributed by atoms with Crippen molar-refractivity contribution in [3.63, 3.8) is 0 Å². The minimum absolute atomic E-state index is 0.00828. The molecule has 0 aromatic heterocycles. The number of carbonyl (C=O) groups excluding carboxylic acids is 1. The van der Waals surface area contributed by atoms with Crippen LogP contribution >= 0.6 is 34.8 Å². The van der Waals surface area contributed by atoms with Gasteiger partial charge < -0.3 is 14.2 Å². The van der Waals surface area contributed by atoms with Crippen molar-refractivity contribution < 1.29 is 23.4 Å². The third kappa shape index (κ3) is 4.61. The molecule has 4 nitrogen and oxygen atoms in total. The third-order valence-corrected chi connectivity index (χ3v) is 3.92. The molecular weight excluding hydrogens is 406 g/mol. The Labute approximate surface area is 165 Å². The normalized spacial score (nSPS) is 10.2. The zero-order valence-corrected chi connectivity index (χ0v) is 16.1. The summed E-state index contributed by atoms with van der Waals surface area (Å²) in [4.78, 5) is 12.1. The summed E-state index contributed by atoms with van der Waals surface area (Å²) in [5.41, 5.74) is -0.521. The van der Waals surface area contributed by atoms with E-state index in [2.05, 4.69) is 0 Å². The number of hydrogen-bond donors (Lipinski definition) is 0. The molecule has 26 heavy (non-hydrogen) atoms. The van der Waals surface area contributed by atoms with Crippen molar-refractivity contribution >= 4 is 46.3 Å². The fraction of sp³-hybridized carbons (Fsp3) is 0.167. The van der Waals surface area contributed by atoms with Gasteiger partial charge in [-0.3, -0.25) is 0 Å². The zero-order chi connectivity index (χ0) is 19.3. The molecule has 0 unspecified atom stereocenters. The molecule has 0 aliphatic rings. The maximum absolute atomic E-state index is 14.4. The number of rotatable bonds is 6. The summed E-state index contributed by atoms with van der Waals surface area (Å²) in [6.07, 6.45) is 0. The minimum atomic E-state index is -0.864. The van der Waals surface area contributed by atoms with Gasteiger partial charge in [0.2, 0.25) is 0 Å². The maximum atomic E-state index is 14.4. The van der Waals surface area contributed by atoms with E-state index >= 15 is 0 Å². The van der Waals surface area contributed by atoms with E-state index in [1.807, 2.05) is 0 Å². The number of halogens is 4. The average molecular weight is 420 g/mol. The molecule has 138 valence electrons. The van der Waals surface area contributed by atoms with Crippen molar-refractivity contribution in [1.29, 1.82) is 0 Å². The molecule has 0 N–H and O–H groups in total. The molecular formula is C18H14Cl3FO4. The van der Waals surface area contributed by atoms with Crippen LogP contribution in [-0.2, 0) is 9.53 Å². The van der Waals surface area contributed by atoms with Gasteiger partial charge in [0.15, 0.2) is 11.5 Å². The Bertz CT molecular complexity index is 848. The zero-order valence-electron chi connectivity index (χ0n) is 13.8. The van der Waals surface area contributed by atoms with Crippen molar-refractivity contribution in [3.8, 4) is 17.2 Å². The van der Waals surface area contributed by atoms with Crippen molar-refractivity contribution in [1.82, 2.24) is 0 Å². The molecule has 2 aromatic carbocycles. The Morgan fingerprint density at radius 2 is 1.77 bits per heavy atom. The van der Waals surface area contributed by atoms with E-state index in [0.717, 1.165) is 6.07 Å². The lowest BCUT2D eigenvalue weighted by atomic mass is 10.1. The van der Waals surface area contributed by atoms with Gasteiger partial charge in [0.1, 0.15) is 21.6 Å². The molecule has 0 bridgehead atoms. The van der Waals surface area contributed by atoms with Crippen LogP contribution in [0.3, 0.4) is 0 Å². The molecule has 0 radical (unpaired) electrons. The first-order chi connectivity index (χ1) is 12.4. The van der Waals surface area contributed by atoms with Crippen LogP contribution in [0.4, 0.5) is 4.39 Å². The van der Waals surface area contributed by atoms with Gasteiger partial charge in [-0.2, -0.15) is 0 Å². The fourth-order valence-electron chi connectivity index (χ4n) is 2.11.